The third kappa shape index (κ3) is 5.80. The van der Waals surface area contributed by atoms with Crippen LogP contribution in [-0.2, 0) is 4.79 Å². The Kier molecular flexibility index (Phi) is 8.67. The van der Waals surface area contributed by atoms with E-state index >= 15 is 0 Å². The molecule has 2 aromatic carbocycles. The molecule has 0 N–H and O–H groups in total. The van der Waals surface area contributed by atoms with E-state index in [1.807, 2.05) is 37.3 Å². The van der Waals surface area contributed by atoms with Crippen LogP contribution in [-0.4, -0.2) is 29.1 Å². The first-order valence-corrected chi connectivity index (χ1v) is 12.6. The number of hydrogen-bond acceptors (Lipinski definition) is 4. The maximum absolute atomic E-state index is 13.0. The van der Waals surface area contributed by atoms with Crippen LogP contribution in [0, 0.1) is 7.14 Å². The highest BCUT2D eigenvalue weighted by Crippen LogP contribution is 2.36. The van der Waals surface area contributed by atoms with Crippen LogP contribution in [0.2, 0.25) is 5.02 Å². The first-order valence-electron chi connectivity index (χ1n) is 9.21. The van der Waals surface area contributed by atoms with Crippen LogP contribution < -0.4 is 4.74 Å². The molecule has 0 aliphatic carbocycles. The maximum Gasteiger partial charge on any atom is 0.266 e. The molecule has 0 radical (unpaired) electrons. The van der Waals surface area contributed by atoms with Crippen LogP contribution in [0.1, 0.15) is 18.9 Å². The van der Waals surface area contributed by atoms with Gasteiger partial charge in [-0.05, 0) is 111 Å². The third-order valence-corrected chi connectivity index (χ3v) is 6.91. The van der Waals surface area contributed by atoms with Crippen molar-refractivity contribution in [3.8, 4) is 5.75 Å². The third-order valence-electron chi connectivity index (χ3n) is 4.05. The van der Waals surface area contributed by atoms with E-state index in [4.69, 9.17) is 16.3 Å². The van der Waals surface area contributed by atoms with E-state index in [0.717, 1.165) is 30.6 Å². The summed E-state index contributed by atoms with van der Waals surface area (Å²) in [6.07, 6.45) is 4.49. The normalized spacial score (nSPS) is 16.5. The molecule has 0 atom stereocenters. The number of amidine groups is 1. The monoisotopic (exact) mass is 664 g/mol. The molecule has 3 rings (SSSR count). The Labute approximate surface area is 213 Å². The summed E-state index contributed by atoms with van der Waals surface area (Å²) < 4.78 is 7.72. The number of aliphatic imine (C=N–C) groups is 1. The standard InChI is InChI=1S/C22H19ClI2N2O2S/c1-3-9-27-21(28)19(30-22(27)26-16-7-5-15(23)6-8-16)13-14-11-17(24)20(18(25)12-14)29-10-4-2/h4-8,11-13H,2-3,9-10H2,1H3/b19-13-,26-22?. The van der Waals surface area contributed by atoms with Gasteiger partial charge < -0.3 is 4.74 Å². The quantitative estimate of drug-likeness (QED) is 0.180. The first-order chi connectivity index (χ1) is 14.4. The molecule has 1 aliphatic heterocycles. The number of ether oxygens (including phenoxy) is 1. The fourth-order valence-corrected chi connectivity index (χ4v) is 6.01. The zero-order valence-electron chi connectivity index (χ0n) is 16.2. The van der Waals surface area contributed by atoms with Gasteiger partial charge in [0.15, 0.2) is 5.17 Å². The number of halogens is 3. The van der Waals surface area contributed by atoms with Crippen LogP contribution in [0.3, 0.4) is 0 Å². The number of thioether (sulfide) groups is 1. The lowest BCUT2D eigenvalue weighted by Gasteiger charge is -2.14. The summed E-state index contributed by atoms with van der Waals surface area (Å²) in [5.41, 5.74) is 1.72. The SMILES string of the molecule is C=CCOc1c(I)cc(/C=C2\SC(=Nc3ccc(Cl)cc3)N(CCC)C2=O)cc1I. The molecule has 1 heterocycles. The van der Waals surface area contributed by atoms with Crippen molar-refractivity contribution in [1.82, 2.24) is 4.90 Å². The Hall–Kier alpha value is -1.04. The van der Waals surface area contributed by atoms with Gasteiger partial charge in [0.2, 0.25) is 0 Å². The Morgan fingerprint density at radius 1 is 1.23 bits per heavy atom. The number of nitrogens with zero attached hydrogens (tertiary/aromatic N) is 2. The zero-order chi connectivity index (χ0) is 21.7. The minimum atomic E-state index is -0.0217. The summed E-state index contributed by atoms with van der Waals surface area (Å²) in [6.45, 7) is 6.82. The second-order valence-electron chi connectivity index (χ2n) is 6.35. The molecular weight excluding hydrogens is 646 g/mol. The number of carbonyl (C=O) groups excluding carboxylic acids is 1. The van der Waals surface area contributed by atoms with Crippen molar-refractivity contribution in [2.45, 2.75) is 13.3 Å². The Morgan fingerprint density at radius 3 is 2.50 bits per heavy atom. The van der Waals surface area contributed by atoms with Crippen molar-refractivity contribution in [3.63, 3.8) is 0 Å². The van der Waals surface area contributed by atoms with E-state index in [1.54, 1.807) is 23.1 Å². The average Bonchev–Trinajstić information content (AvgIpc) is 2.98. The lowest BCUT2D eigenvalue weighted by atomic mass is 10.2. The van der Waals surface area contributed by atoms with E-state index in [2.05, 4.69) is 56.8 Å². The molecule has 0 bridgehead atoms. The molecular formula is C22H19ClI2N2O2S. The maximum atomic E-state index is 13.0. The highest BCUT2D eigenvalue weighted by atomic mass is 127. The molecule has 156 valence electrons. The van der Waals surface area contributed by atoms with E-state index in [9.17, 15) is 4.79 Å². The van der Waals surface area contributed by atoms with Gasteiger partial charge in [-0.15, -0.1) is 0 Å². The minimum Gasteiger partial charge on any atom is -0.487 e. The highest BCUT2D eigenvalue weighted by Gasteiger charge is 2.32. The number of rotatable bonds is 7. The van der Waals surface area contributed by atoms with Gasteiger partial charge in [-0.1, -0.05) is 31.2 Å². The fraction of sp³-hybridized carbons (Fsp3) is 0.182. The molecule has 8 heteroatoms. The molecule has 0 saturated carbocycles. The van der Waals surface area contributed by atoms with Gasteiger partial charge in [-0.25, -0.2) is 4.99 Å². The zero-order valence-corrected chi connectivity index (χ0v) is 22.1. The largest absolute Gasteiger partial charge is 0.487 e. The van der Waals surface area contributed by atoms with Crippen molar-refractivity contribution < 1.29 is 9.53 Å². The average molecular weight is 665 g/mol. The van der Waals surface area contributed by atoms with Gasteiger partial charge in [0.05, 0.1) is 17.7 Å². The highest BCUT2D eigenvalue weighted by molar-refractivity contribution is 14.1. The van der Waals surface area contributed by atoms with Crippen molar-refractivity contribution in [2.75, 3.05) is 13.2 Å². The molecule has 2 aromatic rings. The lowest BCUT2D eigenvalue weighted by molar-refractivity contribution is -0.122. The molecule has 30 heavy (non-hydrogen) atoms. The Morgan fingerprint density at radius 2 is 1.90 bits per heavy atom. The number of benzene rings is 2. The van der Waals surface area contributed by atoms with Gasteiger partial charge in [0.1, 0.15) is 12.4 Å². The molecule has 0 spiro atoms. The topological polar surface area (TPSA) is 41.9 Å². The van der Waals surface area contributed by atoms with E-state index in [0.29, 0.717) is 28.2 Å². The van der Waals surface area contributed by atoms with Crippen LogP contribution in [0.15, 0.2) is 59.0 Å². The molecule has 4 nitrogen and oxygen atoms in total. The van der Waals surface area contributed by atoms with Gasteiger partial charge in [-0.3, -0.25) is 9.69 Å². The van der Waals surface area contributed by atoms with Crippen LogP contribution in [0.25, 0.3) is 6.08 Å². The predicted molar refractivity (Wildman–Crippen MR) is 144 cm³/mol. The van der Waals surface area contributed by atoms with Crippen molar-refractivity contribution in [3.05, 3.63) is 71.7 Å². The molecule has 0 aromatic heterocycles. The van der Waals surface area contributed by atoms with E-state index < -0.39 is 0 Å². The molecule has 1 amide bonds. The summed E-state index contributed by atoms with van der Waals surface area (Å²) in [5, 5.41) is 1.34. The number of carbonyl (C=O) groups is 1. The van der Waals surface area contributed by atoms with Crippen LogP contribution in [0.4, 0.5) is 5.69 Å². The summed E-state index contributed by atoms with van der Waals surface area (Å²) in [6, 6.07) is 11.3. The van der Waals surface area contributed by atoms with Crippen molar-refractivity contribution >= 4 is 91.4 Å². The fourth-order valence-electron chi connectivity index (χ4n) is 2.73. The van der Waals surface area contributed by atoms with Crippen molar-refractivity contribution in [1.29, 1.82) is 0 Å². The van der Waals surface area contributed by atoms with E-state index in [-0.39, 0.29) is 5.91 Å². The second kappa shape index (κ2) is 11.0. The van der Waals surface area contributed by atoms with Crippen LogP contribution in [0.5, 0.6) is 5.75 Å². The van der Waals surface area contributed by atoms with Gasteiger partial charge >= 0.3 is 0 Å². The Balaban J connectivity index is 1.92. The summed E-state index contributed by atoms with van der Waals surface area (Å²) >= 11 is 11.9. The minimum absolute atomic E-state index is 0.0217. The second-order valence-corrected chi connectivity index (χ2v) is 10.1. The van der Waals surface area contributed by atoms with Gasteiger partial charge in [0, 0.05) is 11.6 Å². The lowest BCUT2D eigenvalue weighted by Crippen LogP contribution is -2.29. The predicted octanol–water partition coefficient (Wildman–Crippen LogP) is 7.13. The number of hydrogen-bond donors (Lipinski definition) is 0. The number of amides is 1. The molecule has 1 saturated heterocycles. The molecule has 0 unspecified atom stereocenters. The van der Waals surface area contributed by atoms with Gasteiger partial charge in [0.25, 0.3) is 5.91 Å². The van der Waals surface area contributed by atoms with Crippen LogP contribution >= 0.6 is 68.5 Å². The van der Waals surface area contributed by atoms with Gasteiger partial charge in [-0.2, -0.15) is 0 Å². The summed E-state index contributed by atoms with van der Waals surface area (Å²) in [4.78, 5) is 20.1. The van der Waals surface area contributed by atoms with E-state index in [1.165, 1.54) is 11.8 Å². The molecule has 1 fully saturated rings. The summed E-state index contributed by atoms with van der Waals surface area (Å²) in [7, 11) is 0. The first kappa shape index (κ1) is 23.6. The molecule has 1 aliphatic rings. The smallest absolute Gasteiger partial charge is 0.266 e. The van der Waals surface area contributed by atoms with Crippen molar-refractivity contribution in [2.24, 2.45) is 4.99 Å². The Bertz CT molecular complexity index is 999. The summed E-state index contributed by atoms with van der Waals surface area (Å²) in [5.74, 6) is 0.813.